The molecule has 0 radical (unpaired) electrons. The summed E-state index contributed by atoms with van der Waals surface area (Å²) in [5.74, 6) is 1.29. The maximum absolute atomic E-state index is 11.4. The Balaban J connectivity index is 2.22. The molecule has 1 N–H and O–H groups in total. The minimum absolute atomic E-state index is 0.233. The van der Waals surface area contributed by atoms with Crippen molar-refractivity contribution in [2.75, 3.05) is 13.7 Å². The highest BCUT2D eigenvalue weighted by atomic mass is 32.1. The predicted octanol–water partition coefficient (Wildman–Crippen LogP) is 2.68. The zero-order chi connectivity index (χ0) is 16.8. The number of aryl methyl sites for hydroxylation is 1. The van der Waals surface area contributed by atoms with Crippen LogP contribution in [0, 0.1) is 11.7 Å². The zero-order valence-electron chi connectivity index (χ0n) is 12.9. The van der Waals surface area contributed by atoms with E-state index in [0.29, 0.717) is 16.3 Å². The average Bonchev–Trinajstić information content (AvgIpc) is 2.85. The van der Waals surface area contributed by atoms with E-state index in [9.17, 15) is 4.79 Å². The largest absolute Gasteiger partial charge is 0.513 e. The molecule has 0 aliphatic rings. The molecule has 0 unspecified atom stereocenters. The summed E-state index contributed by atoms with van der Waals surface area (Å²) in [4.78, 5) is 11.4. The predicted molar refractivity (Wildman–Crippen MR) is 85.8 cm³/mol. The number of methoxy groups -OCH3 is 1. The number of hydrogen-bond acceptors (Lipinski definition) is 7. The van der Waals surface area contributed by atoms with Gasteiger partial charge in [-0.2, -0.15) is 14.9 Å². The minimum Gasteiger partial charge on any atom is -0.493 e. The van der Waals surface area contributed by atoms with E-state index in [1.807, 2.05) is 0 Å². The van der Waals surface area contributed by atoms with E-state index in [1.165, 1.54) is 11.8 Å². The summed E-state index contributed by atoms with van der Waals surface area (Å²) in [7, 11) is 1.48. The molecule has 0 atom stereocenters. The Hall–Kier alpha value is -2.68. The standard InChI is InChI=1S/C14H16N4O4S/c1-4-21-14(19)22-11-6-5-10(7-12(11)20-3)8-15-18-9(2)16-17-13(18)23/h5-8H,4H2,1-3H3,(H,17,23)/b15-8-. The van der Waals surface area contributed by atoms with Gasteiger partial charge in [0.2, 0.25) is 4.77 Å². The van der Waals surface area contributed by atoms with Crippen LogP contribution in [0.4, 0.5) is 4.79 Å². The van der Waals surface area contributed by atoms with Gasteiger partial charge in [0.25, 0.3) is 0 Å². The van der Waals surface area contributed by atoms with Crippen LogP contribution in [-0.4, -0.2) is 41.0 Å². The molecule has 0 aliphatic carbocycles. The van der Waals surface area contributed by atoms with Gasteiger partial charge in [-0.15, -0.1) is 0 Å². The smallest absolute Gasteiger partial charge is 0.493 e. The van der Waals surface area contributed by atoms with Crippen molar-refractivity contribution in [1.82, 2.24) is 14.9 Å². The molecule has 0 aliphatic heterocycles. The molecular weight excluding hydrogens is 320 g/mol. The topological polar surface area (TPSA) is 90.7 Å². The molecule has 23 heavy (non-hydrogen) atoms. The van der Waals surface area contributed by atoms with Crippen LogP contribution >= 0.6 is 12.2 Å². The fourth-order valence-electron chi connectivity index (χ4n) is 1.72. The second-order valence-electron chi connectivity index (χ2n) is 4.33. The Labute approximate surface area is 137 Å². The van der Waals surface area contributed by atoms with Crippen molar-refractivity contribution in [3.63, 3.8) is 0 Å². The Morgan fingerprint density at radius 1 is 1.48 bits per heavy atom. The van der Waals surface area contributed by atoms with Gasteiger partial charge in [0.15, 0.2) is 11.5 Å². The number of carbonyl (C=O) groups is 1. The van der Waals surface area contributed by atoms with E-state index < -0.39 is 6.16 Å². The Kier molecular flexibility index (Phi) is 5.47. The van der Waals surface area contributed by atoms with E-state index >= 15 is 0 Å². The molecule has 1 aromatic carbocycles. The molecule has 2 rings (SSSR count). The maximum Gasteiger partial charge on any atom is 0.513 e. The summed E-state index contributed by atoms with van der Waals surface area (Å²) in [6, 6.07) is 5.00. The number of ether oxygens (including phenoxy) is 3. The Bertz CT molecular complexity index is 781. The number of aromatic nitrogens is 3. The number of aromatic amines is 1. The van der Waals surface area contributed by atoms with Crippen LogP contribution in [0.1, 0.15) is 18.3 Å². The van der Waals surface area contributed by atoms with Crippen LogP contribution in [0.25, 0.3) is 0 Å². The van der Waals surface area contributed by atoms with Crippen molar-refractivity contribution in [3.05, 3.63) is 34.4 Å². The molecular formula is C14H16N4O4S. The van der Waals surface area contributed by atoms with Crippen molar-refractivity contribution < 1.29 is 19.0 Å². The molecule has 8 nitrogen and oxygen atoms in total. The molecule has 0 saturated heterocycles. The van der Waals surface area contributed by atoms with Gasteiger partial charge in [-0.1, -0.05) is 0 Å². The SMILES string of the molecule is CCOC(=O)Oc1ccc(/C=N\n2c(C)n[nH]c2=S)cc1OC. The zero-order valence-corrected chi connectivity index (χ0v) is 13.7. The van der Waals surface area contributed by atoms with Crippen molar-refractivity contribution in [1.29, 1.82) is 0 Å². The van der Waals surface area contributed by atoms with Crippen molar-refractivity contribution in [2.45, 2.75) is 13.8 Å². The van der Waals surface area contributed by atoms with Crippen LogP contribution in [0.3, 0.4) is 0 Å². The summed E-state index contributed by atoms with van der Waals surface area (Å²) in [6.07, 6.45) is 0.808. The lowest BCUT2D eigenvalue weighted by Gasteiger charge is -2.09. The first kappa shape index (κ1) is 16.7. The van der Waals surface area contributed by atoms with Crippen LogP contribution in [0.2, 0.25) is 0 Å². The van der Waals surface area contributed by atoms with Gasteiger partial charge in [0.1, 0.15) is 5.82 Å². The monoisotopic (exact) mass is 336 g/mol. The highest BCUT2D eigenvalue weighted by Gasteiger charge is 2.11. The van der Waals surface area contributed by atoms with Crippen molar-refractivity contribution in [3.8, 4) is 11.5 Å². The number of nitrogens with one attached hydrogen (secondary N) is 1. The second kappa shape index (κ2) is 7.54. The molecule has 0 fully saturated rings. The molecule has 0 amide bonds. The number of H-pyrrole nitrogens is 1. The van der Waals surface area contributed by atoms with Gasteiger partial charge in [0.05, 0.1) is 19.9 Å². The molecule has 0 spiro atoms. The maximum atomic E-state index is 11.4. The van der Waals surface area contributed by atoms with E-state index in [2.05, 4.69) is 15.3 Å². The second-order valence-corrected chi connectivity index (χ2v) is 4.71. The molecule has 0 bridgehead atoms. The van der Waals surface area contributed by atoms with E-state index in [-0.39, 0.29) is 12.4 Å². The van der Waals surface area contributed by atoms with Gasteiger partial charge in [-0.05, 0) is 49.8 Å². The Morgan fingerprint density at radius 2 is 2.26 bits per heavy atom. The third-order valence-electron chi connectivity index (χ3n) is 2.78. The van der Waals surface area contributed by atoms with Crippen molar-refractivity contribution in [2.24, 2.45) is 5.10 Å². The molecule has 1 heterocycles. The summed E-state index contributed by atoms with van der Waals surface area (Å²) >= 11 is 5.06. The molecule has 1 aromatic heterocycles. The van der Waals surface area contributed by atoms with Crippen molar-refractivity contribution >= 4 is 24.6 Å². The lowest BCUT2D eigenvalue weighted by molar-refractivity contribution is 0.103. The van der Waals surface area contributed by atoms with Gasteiger partial charge < -0.3 is 14.2 Å². The first-order valence-corrected chi connectivity index (χ1v) is 7.17. The summed E-state index contributed by atoms with van der Waals surface area (Å²) < 4.78 is 16.9. The van der Waals surface area contributed by atoms with Gasteiger partial charge >= 0.3 is 6.16 Å². The van der Waals surface area contributed by atoms with Crippen LogP contribution in [0.15, 0.2) is 23.3 Å². The van der Waals surface area contributed by atoms with Crippen LogP contribution < -0.4 is 9.47 Å². The normalized spacial score (nSPS) is 10.7. The highest BCUT2D eigenvalue weighted by Crippen LogP contribution is 2.28. The highest BCUT2D eigenvalue weighted by molar-refractivity contribution is 7.71. The van der Waals surface area contributed by atoms with E-state index in [1.54, 1.807) is 38.3 Å². The Morgan fingerprint density at radius 3 is 2.87 bits per heavy atom. The number of carbonyl (C=O) groups excluding carboxylic acids is 1. The first-order chi connectivity index (χ1) is 11.0. The van der Waals surface area contributed by atoms with Gasteiger partial charge in [-0.25, -0.2) is 4.79 Å². The number of nitrogens with zero attached hydrogens (tertiary/aromatic N) is 3. The van der Waals surface area contributed by atoms with E-state index in [0.717, 1.165) is 5.56 Å². The lowest BCUT2D eigenvalue weighted by atomic mass is 10.2. The first-order valence-electron chi connectivity index (χ1n) is 6.76. The minimum atomic E-state index is -0.785. The number of hydrogen-bond donors (Lipinski definition) is 1. The van der Waals surface area contributed by atoms with E-state index in [4.69, 9.17) is 26.4 Å². The lowest BCUT2D eigenvalue weighted by Crippen LogP contribution is -2.10. The molecule has 0 saturated carbocycles. The summed E-state index contributed by atoms with van der Waals surface area (Å²) in [5, 5.41) is 10.8. The fraction of sp³-hybridized carbons (Fsp3) is 0.286. The fourth-order valence-corrected chi connectivity index (χ4v) is 1.94. The quantitative estimate of drug-likeness (QED) is 0.391. The molecule has 122 valence electrons. The average molecular weight is 336 g/mol. The van der Waals surface area contributed by atoms with Gasteiger partial charge in [0, 0.05) is 0 Å². The summed E-state index contributed by atoms with van der Waals surface area (Å²) in [5.41, 5.74) is 0.737. The van der Waals surface area contributed by atoms with Crippen LogP contribution in [0.5, 0.6) is 11.5 Å². The number of benzene rings is 1. The molecule has 2 aromatic rings. The molecule has 9 heteroatoms. The van der Waals surface area contributed by atoms with Crippen LogP contribution in [-0.2, 0) is 4.74 Å². The number of rotatable bonds is 5. The third kappa shape index (κ3) is 4.16. The third-order valence-corrected chi connectivity index (χ3v) is 3.04. The van der Waals surface area contributed by atoms with Gasteiger partial charge in [-0.3, -0.25) is 5.10 Å². The summed E-state index contributed by atoms with van der Waals surface area (Å²) in [6.45, 7) is 3.71.